The number of guanidine groups is 1. The van der Waals surface area contributed by atoms with E-state index in [0.29, 0.717) is 6.04 Å². The van der Waals surface area contributed by atoms with Crippen molar-refractivity contribution in [1.82, 2.24) is 10.6 Å². The SMILES string of the molecule is CCC1CCC(NC(=NC)NCCC2=CCOCC2)CC1.I. The predicted octanol–water partition coefficient (Wildman–Crippen LogP) is 3.48. The van der Waals surface area contributed by atoms with Crippen LogP contribution in [0, 0.1) is 5.92 Å². The molecule has 0 aromatic heterocycles. The number of rotatable bonds is 5. The van der Waals surface area contributed by atoms with Crippen molar-refractivity contribution in [2.45, 2.75) is 57.9 Å². The van der Waals surface area contributed by atoms with E-state index < -0.39 is 0 Å². The fraction of sp³-hybridized carbons (Fsp3) is 0.824. The standard InChI is InChI=1S/C17H31N3O.HI/c1-3-14-4-6-16(7-5-14)20-17(18-2)19-11-8-15-9-12-21-13-10-15;/h9,14,16H,3-8,10-13H2,1-2H3,(H2,18,19,20);1H. The van der Waals surface area contributed by atoms with Gasteiger partial charge in [-0.1, -0.05) is 25.0 Å². The molecule has 0 atom stereocenters. The Hall–Kier alpha value is -0.300. The molecule has 22 heavy (non-hydrogen) atoms. The highest BCUT2D eigenvalue weighted by Crippen LogP contribution is 2.26. The Morgan fingerprint density at radius 1 is 1.32 bits per heavy atom. The van der Waals surface area contributed by atoms with Crippen LogP contribution in [0.15, 0.2) is 16.6 Å². The summed E-state index contributed by atoms with van der Waals surface area (Å²) in [6.07, 6.45) is 11.0. The van der Waals surface area contributed by atoms with E-state index in [4.69, 9.17) is 4.74 Å². The maximum Gasteiger partial charge on any atom is 0.191 e. The van der Waals surface area contributed by atoms with Crippen molar-refractivity contribution in [3.8, 4) is 0 Å². The minimum absolute atomic E-state index is 0. The summed E-state index contributed by atoms with van der Waals surface area (Å²) in [5.41, 5.74) is 1.51. The topological polar surface area (TPSA) is 45.7 Å². The second-order valence-electron chi connectivity index (χ2n) is 6.21. The first kappa shape index (κ1) is 19.7. The van der Waals surface area contributed by atoms with Crippen molar-refractivity contribution in [3.63, 3.8) is 0 Å². The zero-order valence-corrected chi connectivity index (χ0v) is 16.4. The zero-order chi connectivity index (χ0) is 14.9. The number of halogens is 1. The lowest BCUT2D eigenvalue weighted by atomic mass is 9.84. The molecule has 128 valence electrons. The van der Waals surface area contributed by atoms with Gasteiger partial charge < -0.3 is 15.4 Å². The Labute approximate surface area is 152 Å². The molecule has 1 fully saturated rings. The van der Waals surface area contributed by atoms with Gasteiger partial charge in [0.2, 0.25) is 0 Å². The summed E-state index contributed by atoms with van der Waals surface area (Å²) in [5, 5.41) is 7.03. The van der Waals surface area contributed by atoms with Crippen molar-refractivity contribution in [1.29, 1.82) is 0 Å². The molecule has 1 aliphatic heterocycles. The lowest BCUT2D eigenvalue weighted by Crippen LogP contribution is -2.45. The molecule has 1 aliphatic carbocycles. The van der Waals surface area contributed by atoms with Crippen LogP contribution in [0.4, 0.5) is 0 Å². The zero-order valence-electron chi connectivity index (χ0n) is 14.1. The van der Waals surface area contributed by atoms with Gasteiger partial charge in [0, 0.05) is 19.6 Å². The normalized spacial score (nSPS) is 25.9. The summed E-state index contributed by atoms with van der Waals surface area (Å²) >= 11 is 0. The van der Waals surface area contributed by atoms with Crippen molar-refractivity contribution >= 4 is 29.9 Å². The number of ether oxygens (including phenoxy) is 1. The molecule has 0 spiro atoms. The molecule has 0 saturated heterocycles. The van der Waals surface area contributed by atoms with Gasteiger partial charge in [0.15, 0.2) is 5.96 Å². The molecular weight excluding hydrogens is 389 g/mol. The number of nitrogens with one attached hydrogen (secondary N) is 2. The molecule has 2 rings (SSSR count). The van der Waals surface area contributed by atoms with Crippen LogP contribution in [-0.2, 0) is 4.74 Å². The Balaban J connectivity index is 0.00000242. The van der Waals surface area contributed by atoms with E-state index in [0.717, 1.165) is 44.5 Å². The summed E-state index contributed by atoms with van der Waals surface area (Å²) in [6.45, 7) is 4.92. The molecule has 2 N–H and O–H groups in total. The Kier molecular flexibility index (Phi) is 10.1. The van der Waals surface area contributed by atoms with E-state index in [2.05, 4.69) is 28.6 Å². The molecule has 0 bridgehead atoms. The van der Waals surface area contributed by atoms with E-state index in [1.807, 2.05) is 7.05 Å². The van der Waals surface area contributed by atoms with Crippen LogP contribution in [-0.4, -0.2) is 38.8 Å². The fourth-order valence-corrected chi connectivity index (χ4v) is 3.24. The first-order chi connectivity index (χ1) is 10.3. The first-order valence-corrected chi connectivity index (χ1v) is 8.54. The van der Waals surface area contributed by atoms with Crippen LogP contribution in [0.25, 0.3) is 0 Å². The smallest absolute Gasteiger partial charge is 0.191 e. The molecule has 4 nitrogen and oxygen atoms in total. The second-order valence-corrected chi connectivity index (χ2v) is 6.21. The highest BCUT2D eigenvalue weighted by atomic mass is 127. The van der Waals surface area contributed by atoms with Gasteiger partial charge in [-0.3, -0.25) is 4.99 Å². The van der Waals surface area contributed by atoms with Crippen LogP contribution in [0.1, 0.15) is 51.9 Å². The van der Waals surface area contributed by atoms with Gasteiger partial charge in [0.05, 0.1) is 13.2 Å². The molecule has 0 aromatic rings. The van der Waals surface area contributed by atoms with Gasteiger partial charge in [-0.05, 0) is 44.4 Å². The van der Waals surface area contributed by atoms with Crippen molar-refractivity contribution in [2.24, 2.45) is 10.9 Å². The van der Waals surface area contributed by atoms with Gasteiger partial charge in [-0.25, -0.2) is 0 Å². The molecule has 0 amide bonds. The Morgan fingerprint density at radius 2 is 2.09 bits per heavy atom. The maximum absolute atomic E-state index is 5.33. The average Bonchev–Trinajstić information content (AvgIpc) is 2.55. The third-order valence-electron chi connectivity index (χ3n) is 4.78. The lowest BCUT2D eigenvalue weighted by Gasteiger charge is -2.29. The van der Waals surface area contributed by atoms with Gasteiger partial charge in [-0.15, -0.1) is 24.0 Å². The van der Waals surface area contributed by atoms with Gasteiger partial charge >= 0.3 is 0 Å². The molecular formula is C17H32IN3O. The van der Waals surface area contributed by atoms with Crippen LogP contribution >= 0.6 is 24.0 Å². The minimum atomic E-state index is 0. The summed E-state index contributed by atoms with van der Waals surface area (Å²) in [4.78, 5) is 4.35. The quantitative estimate of drug-likeness (QED) is 0.309. The monoisotopic (exact) mass is 421 g/mol. The van der Waals surface area contributed by atoms with E-state index in [1.54, 1.807) is 0 Å². The van der Waals surface area contributed by atoms with E-state index in [-0.39, 0.29) is 24.0 Å². The molecule has 2 aliphatic rings. The minimum Gasteiger partial charge on any atom is -0.377 e. The fourth-order valence-electron chi connectivity index (χ4n) is 3.24. The predicted molar refractivity (Wildman–Crippen MR) is 104 cm³/mol. The van der Waals surface area contributed by atoms with Gasteiger partial charge in [-0.2, -0.15) is 0 Å². The largest absolute Gasteiger partial charge is 0.377 e. The summed E-state index contributed by atoms with van der Waals surface area (Å²) < 4.78 is 5.33. The Morgan fingerprint density at radius 3 is 2.68 bits per heavy atom. The van der Waals surface area contributed by atoms with Crippen LogP contribution in [0.3, 0.4) is 0 Å². The van der Waals surface area contributed by atoms with E-state index in [1.165, 1.54) is 37.7 Å². The van der Waals surface area contributed by atoms with Gasteiger partial charge in [0.25, 0.3) is 0 Å². The van der Waals surface area contributed by atoms with Gasteiger partial charge in [0.1, 0.15) is 0 Å². The summed E-state index contributed by atoms with van der Waals surface area (Å²) in [6, 6.07) is 0.598. The van der Waals surface area contributed by atoms with Crippen molar-refractivity contribution in [3.05, 3.63) is 11.6 Å². The molecule has 0 radical (unpaired) electrons. The molecule has 0 unspecified atom stereocenters. The van der Waals surface area contributed by atoms with Crippen molar-refractivity contribution in [2.75, 3.05) is 26.8 Å². The Bertz CT molecular complexity index is 363. The number of hydrogen-bond donors (Lipinski definition) is 2. The van der Waals surface area contributed by atoms with Crippen molar-refractivity contribution < 1.29 is 4.74 Å². The molecule has 0 aromatic carbocycles. The highest BCUT2D eigenvalue weighted by molar-refractivity contribution is 14.0. The maximum atomic E-state index is 5.33. The number of aliphatic imine (C=N–C) groups is 1. The number of nitrogens with zero attached hydrogens (tertiary/aromatic N) is 1. The second kappa shape index (κ2) is 11.3. The third-order valence-corrected chi connectivity index (χ3v) is 4.78. The summed E-state index contributed by atoms with van der Waals surface area (Å²) in [5.74, 6) is 1.90. The summed E-state index contributed by atoms with van der Waals surface area (Å²) in [7, 11) is 1.86. The molecule has 1 heterocycles. The third kappa shape index (κ3) is 6.86. The van der Waals surface area contributed by atoms with Crippen LogP contribution in [0.5, 0.6) is 0 Å². The highest BCUT2D eigenvalue weighted by Gasteiger charge is 2.20. The first-order valence-electron chi connectivity index (χ1n) is 8.54. The molecule has 5 heteroatoms. The van der Waals surface area contributed by atoms with Crippen LogP contribution in [0.2, 0.25) is 0 Å². The van der Waals surface area contributed by atoms with E-state index >= 15 is 0 Å². The average molecular weight is 421 g/mol. The van der Waals surface area contributed by atoms with Crippen LogP contribution < -0.4 is 10.6 Å². The number of hydrogen-bond acceptors (Lipinski definition) is 2. The lowest BCUT2D eigenvalue weighted by molar-refractivity contribution is 0.153. The van der Waals surface area contributed by atoms with E-state index in [9.17, 15) is 0 Å². The molecule has 1 saturated carbocycles.